The molecule has 204 valence electrons. The van der Waals surface area contributed by atoms with Crippen molar-refractivity contribution in [1.29, 1.82) is 0 Å². The highest BCUT2D eigenvalue weighted by molar-refractivity contribution is 6.30. The molecule has 1 aliphatic heterocycles. The van der Waals surface area contributed by atoms with Crippen molar-refractivity contribution < 1.29 is 23.1 Å². The van der Waals surface area contributed by atoms with Gasteiger partial charge >= 0.3 is 0 Å². The fourth-order valence-electron chi connectivity index (χ4n) is 6.04. The molecule has 2 N–H and O–H groups in total. The van der Waals surface area contributed by atoms with Gasteiger partial charge in [0.05, 0.1) is 24.3 Å². The molecule has 2 amide bonds. The predicted octanol–water partition coefficient (Wildman–Crippen LogP) is 4.93. The minimum atomic E-state index is -0.808. The van der Waals surface area contributed by atoms with Crippen LogP contribution in [0.25, 0.3) is 0 Å². The van der Waals surface area contributed by atoms with Gasteiger partial charge in [-0.15, -0.1) is 0 Å². The van der Waals surface area contributed by atoms with Crippen molar-refractivity contribution in [3.05, 3.63) is 70.2 Å². The van der Waals surface area contributed by atoms with Gasteiger partial charge in [0.15, 0.2) is 0 Å². The van der Waals surface area contributed by atoms with Crippen molar-refractivity contribution in [2.24, 2.45) is 11.8 Å². The summed E-state index contributed by atoms with van der Waals surface area (Å²) >= 11 is 5.96. The van der Waals surface area contributed by atoms with E-state index >= 15 is 0 Å². The molecule has 0 bridgehead atoms. The number of nitrogens with zero attached hydrogens (tertiary/aromatic N) is 1. The van der Waals surface area contributed by atoms with Crippen LogP contribution in [0.4, 0.5) is 8.78 Å². The van der Waals surface area contributed by atoms with Crippen LogP contribution in [0.15, 0.2) is 42.5 Å². The average Bonchev–Trinajstić information content (AvgIpc) is 3.44. The summed E-state index contributed by atoms with van der Waals surface area (Å²) in [6.45, 7) is 2.50. The average molecular weight is 546 g/mol. The summed E-state index contributed by atoms with van der Waals surface area (Å²) in [7, 11) is 0. The molecule has 0 radical (unpaired) electrons. The Morgan fingerprint density at radius 2 is 1.68 bits per heavy atom. The van der Waals surface area contributed by atoms with Crippen LogP contribution < -0.4 is 10.6 Å². The number of morpholine rings is 1. The van der Waals surface area contributed by atoms with Crippen molar-refractivity contribution in [1.82, 2.24) is 15.5 Å². The Morgan fingerprint density at radius 1 is 1.00 bits per heavy atom. The van der Waals surface area contributed by atoms with Crippen molar-refractivity contribution >= 4 is 23.4 Å². The van der Waals surface area contributed by atoms with Crippen LogP contribution in [-0.2, 0) is 14.3 Å². The number of ether oxygens (including phenoxy) is 1. The second-order valence-electron chi connectivity index (χ2n) is 10.6. The van der Waals surface area contributed by atoms with E-state index in [0.29, 0.717) is 39.1 Å². The lowest BCUT2D eigenvalue weighted by Gasteiger charge is -2.39. The topological polar surface area (TPSA) is 70.7 Å². The monoisotopic (exact) mass is 545 g/mol. The van der Waals surface area contributed by atoms with Gasteiger partial charge in [0.1, 0.15) is 17.7 Å². The Labute approximate surface area is 227 Å². The molecule has 0 spiro atoms. The summed E-state index contributed by atoms with van der Waals surface area (Å²) in [5.74, 6) is -2.20. The first-order chi connectivity index (χ1) is 18.4. The van der Waals surface area contributed by atoms with Crippen LogP contribution >= 0.6 is 11.6 Å². The fraction of sp³-hybridized carbons (Fsp3) is 0.517. The molecule has 5 rings (SSSR count). The maximum Gasteiger partial charge on any atom is 0.242 e. The van der Waals surface area contributed by atoms with E-state index < -0.39 is 23.7 Å². The summed E-state index contributed by atoms with van der Waals surface area (Å²) in [4.78, 5) is 28.7. The van der Waals surface area contributed by atoms with Gasteiger partial charge in [0, 0.05) is 30.6 Å². The molecule has 1 unspecified atom stereocenters. The number of benzene rings is 2. The molecule has 9 heteroatoms. The van der Waals surface area contributed by atoms with Gasteiger partial charge in [-0.05, 0) is 49.3 Å². The van der Waals surface area contributed by atoms with Gasteiger partial charge < -0.3 is 15.4 Å². The third-order valence-electron chi connectivity index (χ3n) is 8.19. The second kappa shape index (κ2) is 12.1. The van der Waals surface area contributed by atoms with Crippen LogP contribution in [0.1, 0.15) is 61.7 Å². The molecule has 1 heterocycles. The summed E-state index contributed by atoms with van der Waals surface area (Å²) in [6.07, 6.45) is 4.48. The highest BCUT2D eigenvalue weighted by atomic mass is 35.5. The number of carbonyl (C=O) groups excluding carboxylic acids is 2. The van der Waals surface area contributed by atoms with E-state index in [0.717, 1.165) is 37.3 Å². The van der Waals surface area contributed by atoms with Gasteiger partial charge in [-0.25, -0.2) is 8.78 Å². The number of nitrogens with one attached hydrogen (secondary N) is 2. The molecule has 3 fully saturated rings. The van der Waals surface area contributed by atoms with Gasteiger partial charge in [0.25, 0.3) is 0 Å². The molecule has 3 aliphatic rings. The Hall–Kier alpha value is -2.55. The first kappa shape index (κ1) is 27.0. The molecule has 2 saturated carbocycles. The van der Waals surface area contributed by atoms with Crippen LogP contribution in [0.2, 0.25) is 5.02 Å². The maximum absolute atomic E-state index is 14.9. The molecule has 2 aliphatic carbocycles. The molecule has 2 atom stereocenters. The minimum Gasteiger partial charge on any atom is -0.379 e. The number of amides is 2. The van der Waals surface area contributed by atoms with E-state index in [2.05, 4.69) is 15.5 Å². The summed E-state index contributed by atoms with van der Waals surface area (Å²) < 4.78 is 35.1. The Kier molecular flexibility index (Phi) is 8.61. The van der Waals surface area contributed by atoms with E-state index in [-0.39, 0.29) is 40.3 Å². The van der Waals surface area contributed by atoms with Crippen molar-refractivity contribution in [3.8, 4) is 0 Å². The number of halogens is 3. The lowest BCUT2D eigenvalue weighted by atomic mass is 9.78. The van der Waals surface area contributed by atoms with Gasteiger partial charge in [-0.3, -0.25) is 14.5 Å². The minimum absolute atomic E-state index is 0.0443. The Bertz CT molecular complexity index is 1130. The van der Waals surface area contributed by atoms with Crippen molar-refractivity contribution in [2.75, 3.05) is 26.3 Å². The van der Waals surface area contributed by atoms with Crippen molar-refractivity contribution in [2.45, 2.75) is 56.7 Å². The zero-order valence-electron chi connectivity index (χ0n) is 21.3. The lowest BCUT2D eigenvalue weighted by Crippen LogP contribution is -2.53. The van der Waals surface area contributed by atoms with E-state index in [1.807, 2.05) is 30.3 Å². The number of hydrogen-bond donors (Lipinski definition) is 2. The molecule has 2 aromatic carbocycles. The van der Waals surface area contributed by atoms with Crippen LogP contribution in [0.3, 0.4) is 0 Å². The predicted molar refractivity (Wildman–Crippen MR) is 140 cm³/mol. The van der Waals surface area contributed by atoms with Crippen LogP contribution in [0, 0.1) is 23.5 Å². The summed E-state index contributed by atoms with van der Waals surface area (Å²) in [6, 6.07) is 10.7. The van der Waals surface area contributed by atoms with Crippen LogP contribution in [0.5, 0.6) is 0 Å². The quantitative estimate of drug-likeness (QED) is 0.461. The molecular weight excluding hydrogens is 512 g/mol. The number of rotatable bonds is 8. The fourth-order valence-corrected chi connectivity index (χ4v) is 6.21. The first-order valence-electron chi connectivity index (χ1n) is 13.5. The van der Waals surface area contributed by atoms with E-state index in [1.54, 1.807) is 0 Å². The normalized spacial score (nSPS) is 23.9. The SMILES string of the molecule is O=C(N[C@H](c1c(F)ccc(Cl)c1F)C1CCCC1)C1CC(NC(=O)C(c2ccccc2)N2CCOCC2)C1. The third-order valence-corrected chi connectivity index (χ3v) is 8.48. The third kappa shape index (κ3) is 5.87. The maximum atomic E-state index is 14.9. The summed E-state index contributed by atoms with van der Waals surface area (Å²) in [5.41, 5.74) is 0.767. The molecule has 2 aromatic rings. The molecule has 38 heavy (non-hydrogen) atoms. The summed E-state index contributed by atoms with van der Waals surface area (Å²) in [5, 5.41) is 5.92. The molecule has 0 aromatic heterocycles. The van der Waals surface area contributed by atoms with Gasteiger partial charge in [0.2, 0.25) is 11.8 Å². The molecule has 6 nitrogen and oxygen atoms in total. The zero-order chi connectivity index (χ0) is 26.6. The standard InChI is InChI=1S/C29H34ClF2N3O3/c30-22-10-11-23(31)24(25(22)32)26(18-6-4-5-7-18)34-28(36)20-16-21(17-20)33-29(37)27(19-8-2-1-3-9-19)35-12-14-38-15-13-35/h1-3,8-11,18,20-21,26-27H,4-7,12-17H2,(H,33,37)(H,34,36)/t20?,21?,26-,27?/m0/s1. The van der Waals surface area contributed by atoms with Crippen LogP contribution in [-0.4, -0.2) is 49.1 Å². The number of hydrogen-bond acceptors (Lipinski definition) is 4. The van der Waals surface area contributed by atoms with Gasteiger partial charge in [-0.1, -0.05) is 54.8 Å². The molecule has 1 saturated heterocycles. The molecular formula is C29H34ClF2N3O3. The van der Waals surface area contributed by atoms with E-state index in [9.17, 15) is 18.4 Å². The Morgan fingerprint density at radius 3 is 2.37 bits per heavy atom. The largest absolute Gasteiger partial charge is 0.379 e. The van der Waals surface area contributed by atoms with Gasteiger partial charge in [-0.2, -0.15) is 0 Å². The lowest BCUT2D eigenvalue weighted by molar-refractivity contribution is -0.134. The highest BCUT2D eigenvalue weighted by Gasteiger charge is 2.40. The van der Waals surface area contributed by atoms with Crippen molar-refractivity contribution in [3.63, 3.8) is 0 Å². The zero-order valence-corrected chi connectivity index (χ0v) is 22.1. The Balaban J connectivity index is 1.22. The number of carbonyl (C=O) groups is 2. The highest BCUT2D eigenvalue weighted by Crippen LogP contribution is 2.40. The second-order valence-corrected chi connectivity index (χ2v) is 11.0. The van der Waals surface area contributed by atoms with E-state index in [4.69, 9.17) is 16.3 Å². The first-order valence-corrected chi connectivity index (χ1v) is 13.9. The smallest absolute Gasteiger partial charge is 0.242 e. The van der Waals surface area contributed by atoms with E-state index in [1.165, 1.54) is 6.07 Å².